The minimum absolute atomic E-state index is 0.270. The summed E-state index contributed by atoms with van der Waals surface area (Å²) in [6, 6.07) is 9.85. The molecule has 4 heteroatoms. The zero-order chi connectivity index (χ0) is 12.5. The third kappa shape index (κ3) is 2.04. The van der Waals surface area contributed by atoms with E-state index in [4.69, 9.17) is 22.7 Å². The third-order valence-electron chi connectivity index (χ3n) is 3.28. The average Bonchev–Trinajstić information content (AvgIpc) is 2.32. The Morgan fingerprint density at radius 1 is 1.33 bits per heavy atom. The summed E-state index contributed by atoms with van der Waals surface area (Å²) >= 11 is 5.08. The van der Waals surface area contributed by atoms with E-state index in [1.807, 2.05) is 30.3 Å². The first-order chi connectivity index (χ1) is 8.74. The quantitative estimate of drug-likeness (QED) is 0.860. The molecule has 2 aromatic rings. The van der Waals surface area contributed by atoms with Gasteiger partial charge < -0.3 is 10.5 Å². The molecule has 92 valence electrons. The monoisotopic (exact) mass is 258 g/mol. The van der Waals surface area contributed by atoms with Gasteiger partial charge in [-0.2, -0.15) is 0 Å². The molecule has 0 unspecified atom stereocenters. The molecule has 1 aliphatic rings. The molecule has 18 heavy (non-hydrogen) atoms. The van der Waals surface area contributed by atoms with Crippen LogP contribution in [0.25, 0.3) is 10.9 Å². The van der Waals surface area contributed by atoms with Gasteiger partial charge >= 0.3 is 0 Å². The minimum atomic E-state index is 0.270. The summed E-state index contributed by atoms with van der Waals surface area (Å²) in [6.07, 6.45) is 3.67. The van der Waals surface area contributed by atoms with Crippen LogP contribution >= 0.6 is 12.2 Å². The molecular formula is C14H14N2OS. The molecule has 0 bridgehead atoms. The van der Waals surface area contributed by atoms with Gasteiger partial charge in [0.1, 0.15) is 11.1 Å². The number of benzene rings is 1. The average molecular weight is 258 g/mol. The largest absolute Gasteiger partial charge is 0.474 e. The van der Waals surface area contributed by atoms with Crippen LogP contribution in [0.2, 0.25) is 0 Å². The molecule has 1 aromatic carbocycles. The second-order valence-corrected chi connectivity index (χ2v) is 5.01. The van der Waals surface area contributed by atoms with Gasteiger partial charge in [0.05, 0.1) is 11.1 Å². The number of pyridine rings is 1. The Bertz CT molecular complexity index is 608. The Labute approximate surface area is 111 Å². The molecular weight excluding hydrogens is 244 g/mol. The smallest absolute Gasteiger partial charge is 0.224 e. The molecule has 0 spiro atoms. The van der Waals surface area contributed by atoms with Crippen molar-refractivity contribution < 1.29 is 4.74 Å². The van der Waals surface area contributed by atoms with E-state index in [1.165, 1.54) is 6.42 Å². The van der Waals surface area contributed by atoms with Gasteiger partial charge in [-0.3, -0.25) is 0 Å². The highest BCUT2D eigenvalue weighted by atomic mass is 32.1. The third-order valence-corrected chi connectivity index (χ3v) is 3.50. The van der Waals surface area contributed by atoms with Crippen LogP contribution in [0.15, 0.2) is 30.3 Å². The Balaban J connectivity index is 2.07. The minimum Gasteiger partial charge on any atom is -0.474 e. The molecule has 0 radical (unpaired) electrons. The maximum Gasteiger partial charge on any atom is 0.224 e. The maximum absolute atomic E-state index is 5.87. The van der Waals surface area contributed by atoms with Crippen LogP contribution in [-0.2, 0) is 0 Å². The van der Waals surface area contributed by atoms with Crippen molar-refractivity contribution in [1.29, 1.82) is 0 Å². The molecule has 0 amide bonds. The lowest BCUT2D eigenvalue weighted by Crippen LogP contribution is -2.26. The molecule has 0 atom stereocenters. The molecule has 1 fully saturated rings. The fourth-order valence-electron chi connectivity index (χ4n) is 2.01. The molecule has 1 aromatic heterocycles. The number of ether oxygens (including phenoxy) is 1. The zero-order valence-electron chi connectivity index (χ0n) is 9.93. The van der Waals surface area contributed by atoms with Crippen molar-refractivity contribution in [2.45, 2.75) is 25.4 Å². The van der Waals surface area contributed by atoms with Crippen molar-refractivity contribution in [3.63, 3.8) is 0 Å². The predicted molar refractivity (Wildman–Crippen MR) is 75.9 cm³/mol. The summed E-state index contributed by atoms with van der Waals surface area (Å²) in [4.78, 5) is 4.86. The number of para-hydroxylation sites is 1. The Hall–Kier alpha value is -1.68. The van der Waals surface area contributed by atoms with Gasteiger partial charge in [-0.25, -0.2) is 4.98 Å². The number of hydrogen-bond donors (Lipinski definition) is 1. The van der Waals surface area contributed by atoms with Gasteiger partial charge in [0.25, 0.3) is 0 Å². The van der Waals surface area contributed by atoms with Crippen LogP contribution in [0.1, 0.15) is 24.8 Å². The maximum atomic E-state index is 5.87. The number of hydrogen-bond acceptors (Lipinski definition) is 3. The van der Waals surface area contributed by atoms with E-state index in [9.17, 15) is 0 Å². The van der Waals surface area contributed by atoms with Crippen molar-refractivity contribution in [2.24, 2.45) is 5.73 Å². The fourth-order valence-corrected chi connectivity index (χ4v) is 2.16. The standard InChI is InChI=1S/C14H14N2OS/c15-13(18)11-8-9-4-1-2-7-12(9)16-14(11)17-10-5-3-6-10/h1-2,4,7-8,10H,3,5-6H2,(H2,15,18). The van der Waals surface area contributed by atoms with E-state index >= 15 is 0 Å². The van der Waals surface area contributed by atoms with E-state index in [1.54, 1.807) is 0 Å². The van der Waals surface area contributed by atoms with Gasteiger partial charge in [0.15, 0.2) is 0 Å². The lowest BCUT2D eigenvalue weighted by Gasteiger charge is -2.26. The van der Waals surface area contributed by atoms with Gasteiger partial charge in [0.2, 0.25) is 5.88 Å². The first kappa shape index (κ1) is 11.4. The van der Waals surface area contributed by atoms with E-state index < -0.39 is 0 Å². The van der Waals surface area contributed by atoms with Crippen LogP contribution in [0.5, 0.6) is 5.88 Å². The number of aromatic nitrogens is 1. The van der Waals surface area contributed by atoms with Crippen molar-refractivity contribution in [3.8, 4) is 5.88 Å². The molecule has 3 nitrogen and oxygen atoms in total. The second kappa shape index (κ2) is 4.53. The number of rotatable bonds is 3. The molecule has 1 saturated carbocycles. The number of fused-ring (bicyclic) bond motifs is 1. The zero-order valence-corrected chi connectivity index (χ0v) is 10.7. The molecule has 3 rings (SSSR count). The number of nitrogens with zero attached hydrogens (tertiary/aromatic N) is 1. The van der Waals surface area contributed by atoms with Crippen LogP contribution in [-0.4, -0.2) is 16.1 Å². The molecule has 1 heterocycles. The van der Waals surface area contributed by atoms with Crippen LogP contribution in [0.3, 0.4) is 0 Å². The summed E-state index contributed by atoms with van der Waals surface area (Å²) in [5, 5.41) is 1.03. The van der Waals surface area contributed by atoms with Crippen molar-refractivity contribution in [1.82, 2.24) is 4.98 Å². The Kier molecular flexibility index (Phi) is 2.88. The fraction of sp³-hybridized carbons (Fsp3) is 0.286. The highest BCUT2D eigenvalue weighted by Gasteiger charge is 2.22. The molecule has 1 aliphatic carbocycles. The number of nitrogens with two attached hydrogens (primary N) is 1. The molecule has 0 saturated heterocycles. The van der Waals surface area contributed by atoms with Gasteiger partial charge in [-0.15, -0.1) is 0 Å². The predicted octanol–water partition coefficient (Wildman–Crippen LogP) is 2.80. The normalized spacial score (nSPS) is 15.3. The van der Waals surface area contributed by atoms with Gasteiger partial charge in [-0.05, 0) is 31.4 Å². The van der Waals surface area contributed by atoms with E-state index in [0.717, 1.165) is 29.3 Å². The summed E-state index contributed by atoms with van der Waals surface area (Å²) in [5.74, 6) is 0.575. The van der Waals surface area contributed by atoms with E-state index in [0.29, 0.717) is 10.9 Å². The van der Waals surface area contributed by atoms with Crippen molar-refractivity contribution in [2.75, 3.05) is 0 Å². The summed E-state index contributed by atoms with van der Waals surface area (Å²) in [7, 11) is 0. The first-order valence-corrected chi connectivity index (χ1v) is 6.51. The van der Waals surface area contributed by atoms with Crippen molar-refractivity contribution in [3.05, 3.63) is 35.9 Å². The van der Waals surface area contributed by atoms with Gasteiger partial charge in [-0.1, -0.05) is 30.4 Å². The Morgan fingerprint density at radius 3 is 2.78 bits per heavy atom. The first-order valence-electron chi connectivity index (χ1n) is 6.10. The topological polar surface area (TPSA) is 48.1 Å². The lowest BCUT2D eigenvalue weighted by atomic mass is 9.96. The van der Waals surface area contributed by atoms with Crippen molar-refractivity contribution >= 4 is 28.1 Å². The lowest BCUT2D eigenvalue weighted by molar-refractivity contribution is 0.115. The SMILES string of the molecule is NC(=S)c1cc2ccccc2nc1OC1CCC1. The summed E-state index contributed by atoms with van der Waals surface area (Å²) in [5.41, 5.74) is 7.39. The van der Waals surface area contributed by atoms with Gasteiger partial charge in [0, 0.05) is 5.39 Å². The number of thiocarbonyl (C=S) groups is 1. The van der Waals surface area contributed by atoms with E-state index in [2.05, 4.69) is 4.98 Å². The van der Waals surface area contributed by atoms with Crippen LogP contribution < -0.4 is 10.5 Å². The summed E-state index contributed by atoms with van der Waals surface area (Å²) < 4.78 is 5.87. The van der Waals surface area contributed by atoms with E-state index in [-0.39, 0.29) is 6.10 Å². The highest BCUT2D eigenvalue weighted by molar-refractivity contribution is 7.80. The molecule has 0 aliphatic heterocycles. The Morgan fingerprint density at radius 2 is 2.11 bits per heavy atom. The molecule has 2 N–H and O–H groups in total. The summed E-state index contributed by atoms with van der Waals surface area (Å²) in [6.45, 7) is 0. The second-order valence-electron chi connectivity index (χ2n) is 4.57. The van der Waals surface area contributed by atoms with Crippen LogP contribution in [0.4, 0.5) is 0 Å². The van der Waals surface area contributed by atoms with Crippen LogP contribution in [0, 0.1) is 0 Å². The highest BCUT2D eigenvalue weighted by Crippen LogP contribution is 2.28.